The van der Waals surface area contributed by atoms with Crippen LogP contribution < -0.4 is 4.90 Å². The molecule has 1 aromatic carbocycles. The summed E-state index contributed by atoms with van der Waals surface area (Å²) in [6.07, 6.45) is -3.63. The van der Waals surface area contributed by atoms with Gasteiger partial charge in [0, 0.05) is 30.3 Å². The predicted molar refractivity (Wildman–Crippen MR) is 84.6 cm³/mol. The first-order chi connectivity index (χ1) is 11.5. The number of nitrogens with zero attached hydrogens (tertiary/aromatic N) is 2. The lowest BCUT2D eigenvalue weighted by Gasteiger charge is -2.32. The van der Waals surface area contributed by atoms with Crippen molar-refractivity contribution in [2.24, 2.45) is 0 Å². The molecule has 0 spiro atoms. The quantitative estimate of drug-likeness (QED) is 0.473. The van der Waals surface area contributed by atoms with Crippen LogP contribution in [-0.4, -0.2) is 56.2 Å². The van der Waals surface area contributed by atoms with E-state index in [2.05, 4.69) is 21.5 Å². The number of likely N-dealkylation sites (N-methyl/N-ethyl adjacent to an activating group) is 2. The molecular formula is C17H19F3N2O3. The van der Waals surface area contributed by atoms with Crippen molar-refractivity contribution in [1.82, 2.24) is 4.90 Å². The summed E-state index contributed by atoms with van der Waals surface area (Å²) in [5.74, 6) is -2.55. The maximum absolute atomic E-state index is 12.1. The fourth-order valence-electron chi connectivity index (χ4n) is 4.05. The highest BCUT2D eigenvalue weighted by Gasteiger charge is 2.52. The van der Waals surface area contributed by atoms with Crippen LogP contribution in [-0.2, 0) is 14.9 Å². The van der Waals surface area contributed by atoms with E-state index < -0.39 is 24.5 Å². The SMILES string of the molecule is CN1CCC2(C)c3cc(C(=O)C(=O)OCC(F)(F)F)ccc3N(C)C12. The zero-order valence-electron chi connectivity index (χ0n) is 14.2. The molecule has 1 fully saturated rings. The van der Waals surface area contributed by atoms with Gasteiger partial charge in [0.25, 0.3) is 5.78 Å². The van der Waals surface area contributed by atoms with Crippen molar-refractivity contribution >= 4 is 17.4 Å². The van der Waals surface area contributed by atoms with Gasteiger partial charge in [-0.1, -0.05) is 6.92 Å². The highest BCUT2D eigenvalue weighted by Crippen LogP contribution is 2.51. The average Bonchev–Trinajstić information content (AvgIpc) is 2.96. The van der Waals surface area contributed by atoms with Gasteiger partial charge in [-0.05, 0) is 37.2 Å². The molecule has 25 heavy (non-hydrogen) atoms. The van der Waals surface area contributed by atoms with Crippen LogP contribution in [0.4, 0.5) is 18.9 Å². The largest absolute Gasteiger partial charge is 0.450 e. The van der Waals surface area contributed by atoms with E-state index in [4.69, 9.17) is 0 Å². The summed E-state index contributed by atoms with van der Waals surface area (Å²) in [6, 6.07) is 4.80. The predicted octanol–water partition coefficient (Wildman–Crippen LogP) is 2.34. The number of fused-ring (bicyclic) bond motifs is 3. The minimum atomic E-state index is -4.66. The standard InChI is InChI=1S/C17H19F3N2O3/c1-16-6-7-21(2)15(16)22(3)12-5-4-10(8-11(12)16)13(23)14(24)25-9-17(18,19)20/h4-5,8,15H,6-7,9H2,1-3H3. The third kappa shape index (κ3) is 2.88. The lowest BCUT2D eigenvalue weighted by Crippen LogP contribution is -2.45. The number of anilines is 1. The second kappa shape index (κ2) is 5.72. The van der Waals surface area contributed by atoms with Gasteiger partial charge in [0.05, 0.1) is 6.17 Å². The highest BCUT2D eigenvalue weighted by atomic mass is 19.4. The van der Waals surface area contributed by atoms with Gasteiger partial charge in [-0.15, -0.1) is 0 Å². The Morgan fingerprint density at radius 2 is 2.00 bits per heavy atom. The first kappa shape index (κ1) is 17.7. The fourth-order valence-corrected chi connectivity index (χ4v) is 4.05. The summed E-state index contributed by atoms with van der Waals surface area (Å²) >= 11 is 0. The molecule has 2 aliphatic heterocycles. The van der Waals surface area contributed by atoms with Crippen LogP contribution in [0.25, 0.3) is 0 Å². The molecule has 0 saturated carbocycles. The molecule has 5 nitrogen and oxygen atoms in total. The van der Waals surface area contributed by atoms with E-state index >= 15 is 0 Å². The number of carbonyl (C=O) groups excluding carboxylic acids is 2. The molecule has 0 aliphatic carbocycles. The molecule has 0 amide bonds. The molecule has 1 aromatic rings. The van der Waals surface area contributed by atoms with Gasteiger partial charge in [-0.2, -0.15) is 13.2 Å². The van der Waals surface area contributed by atoms with E-state index in [-0.39, 0.29) is 17.1 Å². The number of likely N-dealkylation sites (tertiary alicyclic amines) is 1. The molecule has 0 aromatic heterocycles. The topological polar surface area (TPSA) is 49.9 Å². The lowest BCUT2D eigenvalue weighted by atomic mass is 9.80. The minimum Gasteiger partial charge on any atom is -0.450 e. The molecular weight excluding hydrogens is 337 g/mol. The molecule has 0 N–H and O–H groups in total. The van der Waals surface area contributed by atoms with E-state index in [1.54, 1.807) is 12.1 Å². The van der Waals surface area contributed by atoms with Crippen molar-refractivity contribution in [3.8, 4) is 0 Å². The Morgan fingerprint density at radius 1 is 1.32 bits per heavy atom. The first-order valence-electron chi connectivity index (χ1n) is 7.90. The van der Waals surface area contributed by atoms with E-state index in [1.807, 2.05) is 14.1 Å². The van der Waals surface area contributed by atoms with E-state index in [0.717, 1.165) is 24.2 Å². The molecule has 0 bridgehead atoms. The Morgan fingerprint density at radius 3 is 2.64 bits per heavy atom. The molecule has 136 valence electrons. The van der Waals surface area contributed by atoms with Gasteiger partial charge in [0.1, 0.15) is 0 Å². The number of ketones is 1. The lowest BCUT2D eigenvalue weighted by molar-refractivity contribution is -0.182. The first-order valence-corrected chi connectivity index (χ1v) is 7.90. The second-order valence-corrected chi connectivity index (χ2v) is 6.89. The van der Waals surface area contributed by atoms with Gasteiger partial charge in [0.2, 0.25) is 0 Å². The summed E-state index contributed by atoms with van der Waals surface area (Å²) in [4.78, 5) is 28.1. The Hall–Kier alpha value is -2.09. The third-order valence-corrected chi connectivity index (χ3v) is 5.14. The van der Waals surface area contributed by atoms with E-state index in [0.29, 0.717) is 0 Å². The third-order valence-electron chi connectivity index (χ3n) is 5.14. The fraction of sp³-hybridized carbons (Fsp3) is 0.529. The van der Waals surface area contributed by atoms with Gasteiger partial charge in [-0.25, -0.2) is 4.79 Å². The Bertz CT molecular complexity index is 734. The van der Waals surface area contributed by atoms with Crippen molar-refractivity contribution in [1.29, 1.82) is 0 Å². The van der Waals surface area contributed by atoms with Crippen molar-refractivity contribution in [3.05, 3.63) is 29.3 Å². The Labute approximate surface area is 143 Å². The van der Waals surface area contributed by atoms with Crippen molar-refractivity contribution in [2.45, 2.75) is 31.1 Å². The number of carbonyl (C=O) groups is 2. The van der Waals surface area contributed by atoms with Crippen molar-refractivity contribution in [2.75, 3.05) is 32.1 Å². The molecule has 1 saturated heterocycles. The van der Waals surface area contributed by atoms with E-state index in [1.165, 1.54) is 6.07 Å². The number of benzene rings is 1. The van der Waals surface area contributed by atoms with Gasteiger partial charge < -0.3 is 9.64 Å². The van der Waals surface area contributed by atoms with Crippen LogP contribution in [0.3, 0.4) is 0 Å². The van der Waals surface area contributed by atoms with Crippen LogP contribution in [0.1, 0.15) is 29.3 Å². The van der Waals surface area contributed by atoms with Crippen LogP contribution in [0.15, 0.2) is 18.2 Å². The van der Waals surface area contributed by atoms with Gasteiger partial charge in [-0.3, -0.25) is 9.69 Å². The van der Waals surface area contributed by atoms with Crippen LogP contribution in [0.2, 0.25) is 0 Å². The molecule has 8 heteroatoms. The average molecular weight is 356 g/mol. The van der Waals surface area contributed by atoms with Crippen molar-refractivity contribution in [3.63, 3.8) is 0 Å². The zero-order chi connectivity index (χ0) is 18.6. The van der Waals surface area contributed by atoms with E-state index in [9.17, 15) is 22.8 Å². The molecule has 2 heterocycles. The molecule has 2 atom stereocenters. The van der Waals surface area contributed by atoms with Gasteiger partial charge >= 0.3 is 12.1 Å². The number of esters is 1. The number of hydrogen-bond acceptors (Lipinski definition) is 5. The maximum atomic E-state index is 12.1. The summed E-state index contributed by atoms with van der Waals surface area (Å²) in [6.45, 7) is 1.23. The van der Waals surface area contributed by atoms with Gasteiger partial charge in [0.15, 0.2) is 6.61 Å². The minimum absolute atomic E-state index is 0.0516. The summed E-state index contributed by atoms with van der Waals surface area (Å²) < 4.78 is 40.5. The molecule has 3 rings (SSSR count). The summed E-state index contributed by atoms with van der Waals surface area (Å²) in [5, 5.41) is 0. The molecule has 2 unspecified atom stereocenters. The number of halogens is 3. The highest BCUT2D eigenvalue weighted by molar-refractivity contribution is 6.40. The number of alkyl halides is 3. The summed E-state index contributed by atoms with van der Waals surface area (Å²) in [5.41, 5.74) is 1.74. The van der Waals surface area contributed by atoms with Crippen LogP contribution in [0.5, 0.6) is 0 Å². The number of hydrogen-bond donors (Lipinski definition) is 0. The Kier molecular flexibility index (Phi) is 4.06. The monoisotopic (exact) mass is 356 g/mol. The normalized spacial score (nSPS) is 25.7. The van der Waals surface area contributed by atoms with Crippen LogP contribution in [0, 0.1) is 0 Å². The molecule has 2 aliphatic rings. The maximum Gasteiger partial charge on any atom is 0.422 e. The summed E-state index contributed by atoms with van der Waals surface area (Å²) in [7, 11) is 3.99. The number of ether oxygens (including phenoxy) is 1. The smallest absolute Gasteiger partial charge is 0.422 e. The number of rotatable bonds is 3. The van der Waals surface area contributed by atoms with Crippen molar-refractivity contribution < 1.29 is 27.5 Å². The second-order valence-electron chi connectivity index (χ2n) is 6.89. The zero-order valence-corrected chi connectivity index (χ0v) is 14.2. The number of Topliss-reactive ketones (excluding diaryl/α,β-unsaturated/α-hetero) is 1. The van der Waals surface area contributed by atoms with Crippen LogP contribution >= 0.6 is 0 Å². The molecule has 0 radical (unpaired) electrons. The Balaban J connectivity index is 1.87.